The SMILES string of the molecule is CCOC(=O)CCc1cc(C(C)(C)C)c(O)c(C(C)(C)CCC(C)(C)c2cc(CCC(=O)NCCCCCCNCCCc3cc(C(C)(C)C)c(O)c(C(C)(C)C)c3)cc(C(C)(C)C)c2O)c1. The van der Waals surface area contributed by atoms with Gasteiger partial charge in [-0.25, -0.2) is 0 Å². The number of hydrogen-bond donors (Lipinski definition) is 5. The molecule has 3 aromatic rings. The Hall–Kier alpha value is -4.04. The standard InChI is InChI=1S/C59H94N2O6/c1-18-67-50(63)28-26-42-37-46(57(11,12)13)53(66)48(39-42)59(16,17)30-29-58(14,15)47-38-41(36-45(52(47)65)56(8,9)10)25-27-49(62)61-33-22-20-19-21-31-60-32-23-24-40-34-43(54(2,3)4)51(64)44(35-40)55(5,6)7/h34-39,60,64-66H,18-33H2,1-17H3,(H,61,62). The van der Waals surface area contributed by atoms with Gasteiger partial charge in [-0.1, -0.05) is 160 Å². The van der Waals surface area contributed by atoms with Crippen LogP contribution in [0.25, 0.3) is 0 Å². The largest absolute Gasteiger partial charge is 0.507 e. The van der Waals surface area contributed by atoms with Gasteiger partial charge in [-0.3, -0.25) is 9.59 Å². The molecule has 376 valence electrons. The highest BCUT2D eigenvalue weighted by molar-refractivity contribution is 5.76. The van der Waals surface area contributed by atoms with Gasteiger partial charge >= 0.3 is 5.97 Å². The lowest BCUT2D eigenvalue weighted by Crippen LogP contribution is -2.27. The molecule has 0 spiro atoms. The van der Waals surface area contributed by atoms with Gasteiger partial charge in [0.1, 0.15) is 17.2 Å². The van der Waals surface area contributed by atoms with E-state index in [1.165, 1.54) is 5.56 Å². The number of aromatic hydroxyl groups is 3. The number of hydrogen-bond acceptors (Lipinski definition) is 7. The Labute approximate surface area is 407 Å². The van der Waals surface area contributed by atoms with Gasteiger partial charge in [0.05, 0.1) is 6.61 Å². The van der Waals surface area contributed by atoms with Crippen molar-refractivity contribution in [2.24, 2.45) is 0 Å². The zero-order valence-corrected chi connectivity index (χ0v) is 45.3. The normalized spacial score (nSPS) is 13.0. The molecule has 0 heterocycles. The summed E-state index contributed by atoms with van der Waals surface area (Å²) < 4.78 is 5.21. The van der Waals surface area contributed by atoms with E-state index in [9.17, 15) is 24.9 Å². The Morgan fingerprint density at radius 2 is 0.806 bits per heavy atom. The molecule has 3 rings (SSSR count). The number of carbonyl (C=O) groups excluding carboxylic acids is 2. The number of phenolic OH excluding ortho intramolecular Hbond substituents is 3. The molecule has 8 heteroatoms. The summed E-state index contributed by atoms with van der Waals surface area (Å²) in [5.41, 5.74) is 7.20. The molecule has 0 aliphatic rings. The zero-order valence-electron chi connectivity index (χ0n) is 45.3. The Morgan fingerprint density at radius 3 is 1.21 bits per heavy atom. The van der Waals surface area contributed by atoms with Crippen molar-refractivity contribution in [3.63, 3.8) is 0 Å². The highest BCUT2D eigenvalue weighted by Gasteiger charge is 2.35. The third-order valence-electron chi connectivity index (χ3n) is 13.6. The van der Waals surface area contributed by atoms with Crippen molar-refractivity contribution in [1.29, 1.82) is 0 Å². The van der Waals surface area contributed by atoms with Gasteiger partial charge in [0.25, 0.3) is 0 Å². The quantitative estimate of drug-likeness (QED) is 0.0473. The van der Waals surface area contributed by atoms with E-state index in [2.05, 4.69) is 152 Å². The van der Waals surface area contributed by atoms with E-state index in [0.717, 1.165) is 109 Å². The van der Waals surface area contributed by atoms with Crippen molar-refractivity contribution in [2.75, 3.05) is 26.2 Å². The molecule has 8 nitrogen and oxygen atoms in total. The summed E-state index contributed by atoms with van der Waals surface area (Å²) >= 11 is 0. The highest BCUT2D eigenvalue weighted by atomic mass is 16.5. The predicted molar refractivity (Wildman–Crippen MR) is 280 cm³/mol. The number of nitrogens with one attached hydrogen (secondary N) is 2. The van der Waals surface area contributed by atoms with E-state index in [4.69, 9.17) is 4.74 Å². The van der Waals surface area contributed by atoms with Crippen LogP contribution in [-0.4, -0.2) is 53.4 Å². The molecule has 3 aromatic carbocycles. The van der Waals surface area contributed by atoms with Crippen LogP contribution >= 0.6 is 0 Å². The van der Waals surface area contributed by atoms with E-state index in [1.807, 2.05) is 13.0 Å². The fourth-order valence-corrected chi connectivity index (χ4v) is 9.05. The molecule has 0 bridgehead atoms. The molecule has 1 amide bonds. The number of unbranched alkanes of at least 4 members (excludes halogenated alkanes) is 3. The van der Waals surface area contributed by atoms with E-state index >= 15 is 0 Å². The third kappa shape index (κ3) is 17.2. The molecule has 0 radical (unpaired) electrons. The first-order chi connectivity index (χ1) is 30.8. The second-order valence-corrected chi connectivity index (χ2v) is 24.8. The second kappa shape index (κ2) is 23.5. The number of esters is 1. The molecule has 67 heavy (non-hydrogen) atoms. The maximum Gasteiger partial charge on any atom is 0.306 e. The maximum atomic E-state index is 13.1. The van der Waals surface area contributed by atoms with Crippen LogP contribution in [0.5, 0.6) is 17.2 Å². The average Bonchev–Trinajstić information content (AvgIpc) is 3.20. The van der Waals surface area contributed by atoms with Crippen molar-refractivity contribution in [3.8, 4) is 17.2 Å². The van der Waals surface area contributed by atoms with Gasteiger partial charge in [-0.05, 0) is 143 Å². The molecule has 0 atom stereocenters. The van der Waals surface area contributed by atoms with Crippen LogP contribution < -0.4 is 10.6 Å². The third-order valence-corrected chi connectivity index (χ3v) is 13.6. The van der Waals surface area contributed by atoms with Gasteiger partial charge in [-0.15, -0.1) is 0 Å². The van der Waals surface area contributed by atoms with Crippen molar-refractivity contribution < 1.29 is 29.6 Å². The number of benzene rings is 3. The first kappa shape index (κ1) is 57.3. The number of carbonyl (C=O) groups is 2. The summed E-state index contributed by atoms with van der Waals surface area (Å²) in [7, 11) is 0. The summed E-state index contributed by atoms with van der Waals surface area (Å²) in [6.45, 7) is 39.1. The van der Waals surface area contributed by atoms with E-state index in [0.29, 0.717) is 49.7 Å². The van der Waals surface area contributed by atoms with Crippen molar-refractivity contribution >= 4 is 11.9 Å². The van der Waals surface area contributed by atoms with Crippen molar-refractivity contribution in [3.05, 3.63) is 86.5 Å². The number of ether oxygens (including phenoxy) is 1. The Kier molecular flexibility index (Phi) is 20.1. The minimum Gasteiger partial charge on any atom is -0.507 e. The number of rotatable bonds is 23. The first-order valence-electron chi connectivity index (χ1n) is 25.5. The van der Waals surface area contributed by atoms with Crippen LogP contribution in [0.2, 0.25) is 0 Å². The molecule has 0 saturated carbocycles. The lowest BCUT2D eigenvalue weighted by Gasteiger charge is -2.35. The lowest BCUT2D eigenvalue weighted by atomic mass is 9.69. The van der Waals surface area contributed by atoms with Gasteiger partial charge in [0.15, 0.2) is 0 Å². The number of amides is 1. The highest BCUT2D eigenvalue weighted by Crippen LogP contribution is 2.47. The summed E-state index contributed by atoms with van der Waals surface area (Å²) in [5.74, 6) is 0.887. The van der Waals surface area contributed by atoms with Gasteiger partial charge in [0, 0.05) is 30.5 Å². The maximum absolute atomic E-state index is 13.1. The van der Waals surface area contributed by atoms with Gasteiger partial charge < -0.3 is 30.7 Å². The van der Waals surface area contributed by atoms with Crippen LogP contribution in [0, 0.1) is 0 Å². The van der Waals surface area contributed by atoms with Crippen LogP contribution in [0.1, 0.15) is 226 Å². The van der Waals surface area contributed by atoms with Crippen LogP contribution in [-0.2, 0) is 66.1 Å². The first-order valence-corrected chi connectivity index (χ1v) is 25.5. The predicted octanol–water partition coefficient (Wildman–Crippen LogP) is 13.4. The summed E-state index contributed by atoms with van der Waals surface area (Å²) in [6, 6.07) is 12.7. The minimum absolute atomic E-state index is 0.0476. The fourth-order valence-electron chi connectivity index (χ4n) is 9.05. The Balaban J connectivity index is 1.55. The van der Waals surface area contributed by atoms with Gasteiger partial charge in [0.2, 0.25) is 5.91 Å². The molecule has 0 aromatic heterocycles. The molecule has 0 aliphatic carbocycles. The summed E-state index contributed by atoms with van der Waals surface area (Å²) in [4.78, 5) is 25.4. The minimum atomic E-state index is -0.417. The van der Waals surface area contributed by atoms with E-state index in [1.54, 1.807) is 0 Å². The van der Waals surface area contributed by atoms with Crippen LogP contribution in [0.15, 0.2) is 36.4 Å². The van der Waals surface area contributed by atoms with Crippen LogP contribution in [0.4, 0.5) is 0 Å². The Bertz CT molecular complexity index is 2070. The summed E-state index contributed by atoms with van der Waals surface area (Å²) in [6.07, 6.45) is 9.54. The second-order valence-electron chi connectivity index (χ2n) is 24.8. The number of aryl methyl sites for hydroxylation is 3. The zero-order chi connectivity index (χ0) is 50.8. The molecule has 0 aliphatic heterocycles. The summed E-state index contributed by atoms with van der Waals surface area (Å²) in [5, 5.41) is 41.4. The molecular formula is C59H94N2O6. The lowest BCUT2D eigenvalue weighted by molar-refractivity contribution is -0.143. The molecule has 0 unspecified atom stereocenters. The topological polar surface area (TPSA) is 128 Å². The molecule has 0 saturated heterocycles. The average molecular weight is 927 g/mol. The molecular weight excluding hydrogens is 833 g/mol. The Morgan fingerprint density at radius 1 is 0.463 bits per heavy atom. The fraction of sp³-hybridized carbons (Fsp3) is 0.661. The number of phenols is 3. The van der Waals surface area contributed by atoms with E-state index < -0.39 is 10.8 Å². The van der Waals surface area contributed by atoms with Crippen LogP contribution in [0.3, 0.4) is 0 Å². The monoisotopic (exact) mass is 927 g/mol. The van der Waals surface area contributed by atoms with Crippen molar-refractivity contribution in [1.82, 2.24) is 10.6 Å². The van der Waals surface area contributed by atoms with Gasteiger partial charge in [-0.2, -0.15) is 0 Å². The molecule has 0 fully saturated rings. The smallest absolute Gasteiger partial charge is 0.306 e. The van der Waals surface area contributed by atoms with E-state index in [-0.39, 0.29) is 40.0 Å². The molecule has 5 N–H and O–H groups in total. The van der Waals surface area contributed by atoms with Crippen molar-refractivity contribution in [2.45, 2.75) is 227 Å².